The van der Waals surface area contributed by atoms with Gasteiger partial charge < -0.3 is 22.1 Å². The molecular formula is C30H30N4O2S. The van der Waals surface area contributed by atoms with E-state index in [0.29, 0.717) is 29.3 Å². The van der Waals surface area contributed by atoms with Crippen molar-refractivity contribution >= 4 is 40.2 Å². The van der Waals surface area contributed by atoms with Gasteiger partial charge in [0.1, 0.15) is 0 Å². The van der Waals surface area contributed by atoms with E-state index in [-0.39, 0.29) is 17.9 Å². The fourth-order valence-corrected chi connectivity index (χ4v) is 5.09. The molecular weight excluding hydrogens is 480 g/mol. The van der Waals surface area contributed by atoms with Crippen LogP contribution in [0.3, 0.4) is 0 Å². The first-order chi connectivity index (χ1) is 18.0. The predicted octanol–water partition coefficient (Wildman–Crippen LogP) is 6.03. The molecule has 0 saturated heterocycles. The molecule has 1 heterocycles. The number of nitrogens with two attached hydrogens (primary N) is 2. The SMILES string of the molecule is Nc1ccc(-c2cccs2)cc1NC(=O)c1ccc(CCCC(=O)Nc2ccc(C3CC3N)cc2)cc1. The minimum Gasteiger partial charge on any atom is -0.397 e. The number of anilines is 3. The highest BCUT2D eigenvalue weighted by Crippen LogP contribution is 2.39. The highest BCUT2D eigenvalue weighted by Gasteiger charge is 2.34. The van der Waals surface area contributed by atoms with Gasteiger partial charge in [0.2, 0.25) is 5.91 Å². The maximum atomic E-state index is 12.8. The Morgan fingerprint density at radius 3 is 2.38 bits per heavy atom. The molecule has 1 saturated carbocycles. The van der Waals surface area contributed by atoms with Crippen molar-refractivity contribution in [2.75, 3.05) is 16.4 Å². The van der Waals surface area contributed by atoms with Crippen LogP contribution in [0.2, 0.25) is 0 Å². The second-order valence-corrected chi connectivity index (χ2v) is 10.4. The number of rotatable bonds is 9. The zero-order valence-corrected chi connectivity index (χ0v) is 21.3. The predicted molar refractivity (Wildman–Crippen MR) is 152 cm³/mol. The van der Waals surface area contributed by atoms with Gasteiger partial charge in [-0.1, -0.05) is 36.4 Å². The number of carbonyl (C=O) groups is 2. The summed E-state index contributed by atoms with van der Waals surface area (Å²) in [6.45, 7) is 0. The molecule has 2 unspecified atom stereocenters. The molecule has 0 radical (unpaired) electrons. The van der Waals surface area contributed by atoms with Crippen molar-refractivity contribution in [3.63, 3.8) is 0 Å². The quantitative estimate of drug-likeness (QED) is 0.206. The van der Waals surface area contributed by atoms with Crippen molar-refractivity contribution in [3.8, 4) is 10.4 Å². The zero-order valence-electron chi connectivity index (χ0n) is 20.4. The van der Waals surface area contributed by atoms with E-state index in [1.54, 1.807) is 23.5 Å². The van der Waals surface area contributed by atoms with Crippen molar-refractivity contribution in [1.29, 1.82) is 0 Å². The Labute approximate surface area is 220 Å². The maximum absolute atomic E-state index is 12.8. The number of aryl methyl sites for hydroxylation is 1. The van der Waals surface area contributed by atoms with Gasteiger partial charge >= 0.3 is 0 Å². The lowest BCUT2D eigenvalue weighted by Crippen LogP contribution is -2.13. The van der Waals surface area contributed by atoms with E-state index in [0.717, 1.165) is 41.0 Å². The summed E-state index contributed by atoms with van der Waals surface area (Å²) >= 11 is 1.64. The Bertz CT molecular complexity index is 1380. The smallest absolute Gasteiger partial charge is 0.255 e. The molecule has 37 heavy (non-hydrogen) atoms. The van der Waals surface area contributed by atoms with E-state index in [1.807, 2.05) is 72.1 Å². The number of nitrogen functional groups attached to an aromatic ring is 1. The molecule has 6 nitrogen and oxygen atoms in total. The summed E-state index contributed by atoms with van der Waals surface area (Å²) in [5.74, 6) is 0.243. The van der Waals surface area contributed by atoms with Gasteiger partial charge in [0.15, 0.2) is 0 Å². The Morgan fingerprint density at radius 1 is 0.946 bits per heavy atom. The van der Waals surface area contributed by atoms with Gasteiger partial charge in [0.25, 0.3) is 5.91 Å². The van der Waals surface area contributed by atoms with Crippen LogP contribution in [0.5, 0.6) is 0 Å². The summed E-state index contributed by atoms with van der Waals surface area (Å²) in [6.07, 6.45) is 2.94. The number of hydrogen-bond acceptors (Lipinski definition) is 5. The topological polar surface area (TPSA) is 110 Å². The van der Waals surface area contributed by atoms with Crippen LogP contribution in [0, 0.1) is 0 Å². The first-order valence-corrected chi connectivity index (χ1v) is 13.3. The monoisotopic (exact) mass is 510 g/mol. The van der Waals surface area contributed by atoms with E-state index < -0.39 is 0 Å². The lowest BCUT2D eigenvalue weighted by atomic mass is 10.1. The molecule has 1 aliphatic rings. The molecule has 0 bridgehead atoms. The van der Waals surface area contributed by atoms with Gasteiger partial charge in [-0.3, -0.25) is 9.59 Å². The van der Waals surface area contributed by atoms with Crippen LogP contribution in [-0.2, 0) is 11.2 Å². The fourth-order valence-electron chi connectivity index (χ4n) is 4.37. The minimum absolute atomic E-state index is 0.00533. The molecule has 2 amide bonds. The molecule has 188 valence electrons. The number of carbonyl (C=O) groups excluding carboxylic acids is 2. The molecule has 5 rings (SSSR count). The Kier molecular flexibility index (Phi) is 7.35. The third kappa shape index (κ3) is 6.25. The summed E-state index contributed by atoms with van der Waals surface area (Å²) in [5, 5.41) is 7.90. The molecule has 1 fully saturated rings. The van der Waals surface area contributed by atoms with Crippen LogP contribution in [0.25, 0.3) is 10.4 Å². The number of thiophene rings is 1. The van der Waals surface area contributed by atoms with Crippen LogP contribution < -0.4 is 22.1 Å². The fraction of sp³-hybridized carbons (Fsp3) is 0.200. The zero-order chi connectivity index (χ0) is 25.8. The van der Waals surface area contributed by atoms with E-state index in [4.69, 9.17) is 11.5 Å². The van der Waals surface area contributed by atoms with Gasteiger partial charge in [-0.2, -0.15) is 0 Å². The van der Waals surface area contributed by atoms with E-state index in [9.17, 15) is 9.59 Å². The van der Waals surface area contributed by atoms with Crippen molar-refractivity contribution in [2.24, 2.45) is 5.73 Å². The van der Waals surface area contributed by atoms with Gasteiger partial charge in [0.05, 0.1) is 11.4 Å². The molecule has 4 aromatic rings. The summed E-state index contributed by atoms with van der Waals surface area (Å²) in [7, 11) is 0. The molecule has 1 aromatic heterocycles. The maximum Gasteiger partial charge on any atom is 0.255 e. The van der Waals surface area contributed by atoms with E-state index in [1.165, 1.54) is 5.56 Å². The van der Waals surface area contributed by atoms with Gasteiger partial charge in [-0.15, -0.1) is 11.3 Å². The van der Waals surface area contributed by atoms with Gasteiger partial charge in [-0.25, -0.2) is 0 Å². The number of hydrogen-bond donors (Lipinski definition) is 4. The molecule has 0 spiro atoms. The second kappa shape index (κ2) is 11.0. The minimum atomic E-state index is -0.212. The lowest BCUT2D eigenvalue weighted by molar-refractivity contribution is -0.116. The van der Waals surface area contributed by atoms with Gasteiger partial charge in [0, 0.05) is 34.5 Å². The Morgan fingerprint density at radius 2 is 1.70 bits per heavy atom. The van der Waals surface area contributed by atoms with E-state index >= 15 is 0 Å². The standard InChI is InChI=1S/C30H30N4O2S/c31-25-15-12-22(28-4-2-16-37-28)17-27(25)34-30(36)21-8-6-19(7-9-21)3-1-5-29(35)33-23-13-10-20(11-14-23)24-18-26(24)32/h2,4,6-17,24,26H,1,3,5,18,31-32H2,(H,33,35)(H,34,36). The third-order valence-electron chi connectivity index (χ3n) is 6.65. The summed E-state index contributed by atoms with van der Waals surface area (Å²) in [6, 6.07) is 25.4. The average Bonchev–Trinajstić information content (AvgIpc) is 3.38. The number of benzene rings is 3. The van der Waals surface area contributed by atoms with Crippen LogP contribution in [0.4, 0.5) is 17.1 Å². The van der Waals surface area contributed by atoms with Gasteiger partial charge in [-0.05, 0) is 83.8 Å². The number of amides is 2. The molecule has 7 heteroatoms. The second-order valence-electron chi connectivity index (χ2n) is 9.46. The van der Waals surface area contributed by atoms with Crippen LogP contribution in [0.15, 0.2) is 84.2 Å². The normalized spacial score (nSPS) is 16.2. The summed E-state index contributed by atoms with van der Waals surface area (Å²) in [4.78, 5) is 26.3. The van der Waals surface area contributed by atoms with Crippen LogP contribution in [-0.4, -0.2) is 17.9 Å². The molecule has 1 aliphatic carbocycles. The molecule has 6 N–H and O–H groups in total. The molecule has 2 atom stereocenters. The van der Waals surface area contributed by atoms with Crippen LogP contribution >= 0.6 is 11.3 Å². The van der Waals surface area contributed by atoms with Crippen molar-refractivity contribution < 1.29 is 9.59 Å². The molecule has 0 aliphatic heterocycles. The highest BCUT2D eigenvalue weighted by atomic mass is 32.1. The lowest BCUT2D eigenvalue weighted by Gasteiger charge is -2.11. The first-order valence-electron chi connectivity index (χ1n) is 12.5. The van der Waals surface area contributed by atoms with Crippen molar-refractivity contribution in [3.05, 3.63) is 101 Å². The summed E-state index contributed by atoms with van der Waals surface area (Å²) in [5.41, 5.74) is 17.8. The average molecular weight is 511 g/mol. The Hall–Kier alpha value is -3.94. The largest absolute Gasteiger partial charge is 0.397 e. The number of nitrogens with one attached hydrogen (secondary N) is 2. The van der Waals surface area contributed by atoms with E-state index in [2.05, 4.69) is 10.6 Å². The van der Waals surface area contributed by atoms with Crippen molar-refractivity contribution in [2.45, 2.75) is 37.6 Å². The Balaban J connectivity index is 1.10. The van der Waals surface area contributed by atoms with Crippen molar-refractivity contribution in [1.82, 2.24) is 0 Å². The highest BCUT2D eigenvalue weighted by molar-refractivity contribution is 7.13. The third-order valence-corrected chi connectivity index (χ3v) is 7.57. The first kappa shape index (κ1) is 24.7. The summed E-state index contributed by atoms with van der Waals surface area (Å²) < 4.78 is 0. The molecule has 3 aromatic carbocycles. The van der Waals surface area contributed by atoms with Crippen LogP contribution in [0.1, 0.15) is 46.7 Å².